The number of hydrogen-bond acceptors (Lipinski definition) is 4. The Bertz CT molecular complexity index is 513. The predicted octanol–water partition coefficient (Wildman–Crippen LogP) is 3.29. The first kappa shape index (κ1) is 17.1. The Morgan fingerprint density at radius 2 is 1.90 bits per heavy atom. The highest BCUT2D eigenvalue weighted by atomic mass is 19.4. The van der Waals surface area contributed by atoms with Crippen LogP contribution >= 0.6 is 0 Å². The Labute approximate surface area is 121 Å². The van der Waals surface area contributed by atoms with Crippen LogP contribution in [0.15, 0.2) is 18.2 Å². The third-order valence-electron chi connectivity index (χ3n) is 2.85. The molecule has 1 aromatic rings. The molecule has 0 unspecified atom stereocenters. The molecule has 7 heteroatoms. The Balaban J connectivity index is 2.85. The first-order chi connectivity index (χ1) is 9.56. The molecule has 1 aromatic carbocycles. The molecule has 0 aromatic heterocycles. The van der Waals surface area contributed by atoms with Crippen molar-refractivity contribution >= 4 is 17.3 Å². The number of halogens is 3. The van der Waals surface area contributed by atoms with Crippen LogP contribution < -0.4 is 11.1 Å². The van der Waals surface area contributed by atoms with Gasteiger partial charge in [-0.1, -0.05) is 0 Å². The summed E-state index contributed by atoms with van der Waals surface area (Å²) in [5.74, 6) is -0.419. The van der Waals surface area contributed by atoms with Crippen LogP contribution in [0.2, 0.25) is 0 Å². The number of nitrogen functional groups attached to an aromatic ring is 1. The van der Waals surface area contributed by atoms with Crippen LogP contribution in [0.3, 0.4) is 0 Å². The van der Waals surface area contributed by atoms with E-state index in [0.717, 1.165) is 12.1 Å². The maximum atomic E-state index is 12.7. The normalized spacial score (nSPS) is 12.1. The molecule has 0 heterocycles. The average molecular weight is 304 g/mol. The van der Waals surface area contributed by atoms with Gasteiger partial charge < -0.3 is 15.8 Å². The van der Waals surface area contributed by atoms with Crippen LogP contribution in [0, 0.1) is 5.41 Å². The first-order valence-electron chi connectivity index (χ1n) is 6.45. The maximum Gasteiger partial charge on any atom is 0.416 e. The monoisotopic (exact) mass is 304 g/mol. The Morgan fingerprint density at radius 3 is 2.43 bits per heavy atom. The second-order valence-electron chi connectivity index (χ2n) is 5.30. The van der Waals surface area contributed by atoms with Gasteiger partial charge in [0.15, 0.2) is 0 Å². The van der Waals surface area contributed by atoms with Crippen LogP contribution in [-0.4, -0.2) is 19.1 Å². The highest BCUT2D eigenvalue weighted by molar-refractivity contribution is 5.76. The largest absolute Gasteiger partial charge is 0.466 e. The summed E-state index contributed by atoms with van der Waals surface area (Å²) in [5.41, 5.74) is 3.98. The molecule has 0 saturated heterocycles. The lowest BCUT2D eigenvalue weighted by Crippen LogP contribution is -2.33. The van der Waals surface area contributed by atoms with E-state index in [4.69, 9.17) is 10.5 Å². The molecular formula is C14H19F3N2O2. The van der Waals surface area contributed by atoms with Gasteiger partial charge >= 0.3 is 12.1 Å². The van der Waals surface area contributed by atoms with Crippen molar-refractivity contribution in [3.05, 3.63) is 23.8 Å². The molecule has 0 amide bonds. The molecule has 0 bridgehead atoms. The van der Waals surface area contributed by atoms with E-state index in [2.05, 4.69) is 5.32 Å². The van der Waals surface area contributed by atoms with Gasteiger partial charge in [-0.25, -0.2) is 0 Å². The van der Waals surface area contributed by atoms with E-state index in [1.807, 2.05) is 0 Å². The number of alkyl halides is 3. The number of ether oxygens (including phenoxy) is 1. The van der Waals surface area contributed by atoms with Crippen molar-refractivity contribution in [1.82, 2.24) is 0 Å². The molecule has 3 N–H and O–H groups in total. The Hall–Kier alpha value is -1.92. The van der Waals surface area contributed by atoms with Crippen LogP contribution in [0.5, 0.6) is 0 Å². The molecule has 0 fully saturated rings. The van der Waals surface area contributed by atoms with E-state index in [1.165, 1.54) is 6.07 Å². The van der Waals surface area contributed by atoms with Gasteiger partial charge in [-0.3, -0.25) is 4.79 Å². The van der Waals surface area contributed by atoms with Gasteiger partial charge in [-0.2, -0.15) is 13.2 Å². The van der Waals surface area contributed by atoms with Gasteiger partial charge in [-0.15, -0.1) is 0 Å². The van der Waals surface area contributed by atoms with E-state index in [1.54, 1.807) is 20.8 Å². The lowest BCUT2D eigenvalue weighted by Gasteiger charge is -2.23. The molecule has 0 aliphatic rings. The van der Waals surface area contributed by atoms with Crippen molar-refractivity contribution in [1.29, 1.82) is 0 Å². The number of carbonyl (C=O) groups is 1. The summed E-state index contributed by atoms with van der Waals surface area (Å²) in [7, 11) is 0. The number of carbonyl (C=O) groups excluding carboxylic acids is 1. The second kappa shape index (κ2) is 6.24. The zero-order valence-electron chi connectivity index (χ0n) is 12.2. The first-order valence-corrected chi connectivity index (χ1v) is 6.45. The molecule has 0 aliphatic heterocycles. The number of esters is 1. The van der Waals surface area contributed by atoms with Gasteiger partial charge in [0, 0.05) is 17.9 Å². The van der Waals surface area contributed by atoms with Crippen LogP contribution in [-0.2, 0) is 15.7 Å². The van der Waals surface area contributed by atoms with Crippen LogP contribution in [0.1, 0.15) is 26.3 Å². The van der Waals surface area contributed by atoms with Crippen molar-refractivity contribution in [2.24, 2.45) is 5.41 Å². The Kier molecular flexibility index (Phi) is 5.09. The highest BCUT2D eigenvalue weighted by Crippen LogP contribution is 2.33. The summed E-state index contributed by atoms with van der Waals surface area (Å²) in [6.07, 6.45) is -4.47. The van der Waals surface area contributed by atoms with Gasteiger partial charge in [0.05, 0.1) is 17.6 Å². The van der Waals surface area contributed by atoms with E-state index in [-0.39, 0.29) is 24.5 Å². The van der Waals surface area contributed by atoms with Crippen molar-refractivity contribution in [3.63, 3.8) is 0 Å². The minimum atomic E-state index is -4.47. The molecule has 0 aliphatic carbocycles. The number of anilines is 2. The quantitative estimate of drug-likeness (QED) is 0.647. The fourth-order valence-corrected chi connectivity index (χ4v) is 1.64. The standard InChI is InChI=1S/C14H19F3N2O2/c1-4-21-12(20)13(2,3)8-19-11-6-9(14(15,16)17)5-10(18)7-11/h5-7,19H,4,8,18H2,1-3H3. The molecule has 1 rings (SSSR count). The van der Waals surface area contributed by atoms with Crippen LogP contribution in [0.4, 0.5) is 24.5 Å². The van der Waals surface area contributed by atoms with Crippen molar-refractivity contribution in [2.75, 3.05) is 24.2 Å². The molecule has 0 saturated carbocycles. The minimum Gasteiger partial charge on any atom is -0.466 e. The lowest BCUT2D eigenvalue weighted by molar-refractivity contribution is -0.152. The Morgan fingerprint density at radius 1 is 1.29 bits per heavy atom. The maximum absolute atomic E-state index is 12.7. The predicted molar refractivity (Wildman–Crippen MR) is 74.8 cm³/mol. The molecule has 4 nitrogen and oxygen atoms in total. The van der Waals surface area contributed by atoms with Crippen molar-refractivity contribution in [3.8, 4) is 0 Å². The molecule has 21 heavy (non-hydrogen) atoms. The summed E-state index contributed by atoms with van der Waals surface area (Å²) < 4.78 is 43.0. The van der Waals surface area contributed by atoms with Crippen LogP contribution in [0.25, 0.3) is 0 Å². The van der Waals surface area contributed by atoms with Crippen molar-refractivity contribution in [2.45, 2.75) is 26.9 Å². The smallest absolute Gasteiger partial charge is 0.416 e. The third kappa shape index (κ3) is 4.84. The molecule has 0 atom stereocenters. The van der Waals surface area contributed by atoms with Gasteiger partial charge in [0.1, 0.15) is 0 Å². The zero-order valence-corrected chi connectivity index (χ0v) is 12.2. The lowest BCUT2D eigenvalue weighted by atomic mass is 9.93. The minimum absolute atomic E-state index is 0.00117. The number of nitrogens with two attached hydrogens (primary N) is 1. The molecule has 118 valence electrons. The van der Waals surface area contributed by atoms with E-state index >= 15 is 0 Å². The molecular weight excluding hydrogens is 285 g/mol. The molecule has 0 radical (unpaired) electrons. The fourth-order valence-electron chi connectivity index (χ4n) is 1.64. The fraction of sp³-hybridized carbons (Fsp3) is 0.500. The van der Waals surface area contributed by atoms with Gasteiger partial charge in [0.2, 0.25) is 0 Å². The van der Waals surface area contributed by atoms with E-state index in [0.29, 0.717) is 0 Å². The summed E-state index contributed by atoms with van der Waals surface area (Å²) in [5, 5.41) is 2.80. The summed E-state index contributed by atoms with van der Waals surface area (Å²) in [4.78, 5) is 11.7. The van der Waals surface area contributed by atoms with E-state index < -0.39 is 23.1 Å². The highest BCUT2D eigenvalue weighted by Gasteiger charge is 2.32. The number of hydrogen-bond donors (Lipinski definition) is 2. The number of benzene rings is 1. The summed E-state index contributed by atoms with van der Waals surface area (Å²) >= 11 is 0. The zero-order chi connectivity index (χ0) is 16.3. The molecule has 0 spiro atoms. The summed E-state index contributed by atoms with van der Waals surface area (Å²) in [6.45, 7) is 5.37. The van der Waals surface area contributed by atoms with Crippen molar-refractivity contribution < 1.29 is 22.7 Å². The SMILES string of the molecule is CCOC(=O)C(C)(C)CNc1cc(N)cc(C(F)(F)F)c1. The number of rotatable bonds is 5. The second-order valence-corrected chi connectivity index (χ2v) is 5.30. The summed E-state index contributed by atoms with van der Waals surface area (Å²) in [6, 6.07) is 3.20. The average Bonchev–Trinajstić information content (AvgIpc) is 2.35. The number of nitrogens with one attached hydrogen (secondary N) is 1. The topological polar surface area (TPSA) is 64.3 Å². The van der Waals surface area contributed by atoms with Gasteiger partial charge in [0.25, 0.3) is 0 Å². The van der Waals surface area contributed by atoms with E-state index in [9.17, 15) is 18.0 Å². The van der Waals surface area contributed by atoms with Gasteiger partial charge in [-0.05, 0) is 39.0 Å². The third-order valence-corrected chi connectivity index (χ3v) is 2.85.